The molecule has 3 heteroatoms. The fraction of sp³-hybridized carbons (Fsp3) is 0.0833. The van der Waals surface area contributed by atoms with Crippen LogP contribution in [0.15, 0.2) is 36.5 Å². The van der Waals surface area contributed by atoms with Gasteiger partial charge in [-0.1, -0.05) is 24.0 Å². The number of alkyl halides is 1. The van der Waals surface area contributed by atoms with Gasteiger partial charge in [0.2, 0.25) is 0 Å². The van der Waals surface area contributed by atoms with E-state index in [2.05, 4.69) is 22.0 Å². The van der Waals surface area contributed by atoms with E-state index in [1.54, 1.807) is 6.20 Å². The summed E-state index contributed by atoms with van der Waals surface area (Å²) in [5.41, 5.74) is 3.08. The van der Waals surface area contributed by atoms with E-state index in [0.29, 0.717) is 5.88 Å². The van der Waals surface area contributed by atoms with Gasteiger partial charge >= 0.3 is 0 Å². The molecule has 0 bridgehead atoms. The largest absolute Gasteiger partial charge is 0.278 e. The van der Waals surface area contributed by atoms with Crippen molar-refractivity contribution in [3.63, 3.8) is 0 Å². The Morgan fingerprint density at radius 3 is 2.60 bits per heavy atom. The van der Waals surface area contributed by atoms with Crippen molar-refractivity contribution in [3.05, 3.63) is 42.1 Å². The minimum absolute atomic E-state index is 0.363. The smallest absolute Gasteiger partial charge is 0.0839 e. The molecule has 0 saturated carbocycles. The fourth-order valence-corrected chi connectivity index (χ4v) is 1.35. The SMILES string of the molecule is ClCC#Cc1ccc(-c2ccn[nH]2)cc1. The van der Waals surface area contributed by atoms with Crippen molar-refractivity contribution in [1.82, 2.24) is 10.2 Å². The van der Waals surface area contributed by atoms with Crippen molar-refractivity contribution in [3.8, 4) is 23.1 Å². The van der Waals surface area contributed by atoms with Gasteiger partial charge in [-0.25, -0.2) is 0 Å². The van der Waals surface area contributed by atoms with Gasteiger partial charge in [-0.05, 0) is 23.8 Å². The van der Waals surface area contributed by atoms with Crippen molar-refractivity contribution in [2.75, 3.05) is 5.88 Å². The standard InChI is InChI=1S/C12H9ClN2/c13-8-1-2-10-3-5-11(6-4-10)12-7-9-14-15-12/h3-7,9H,8H2,(H,14,15). The van der Waals surface area contributed by atoms with Crippen molar-refractivity contribution < 1.29 is 0 Å². The molecule has 0 unspecified atom stereocenters. The Bertz CT molecular complexity index is 475. The number of halogens is 1. The molecule has 0 aliphatic heterocycles. The molecule has 2 aromatic rings. The second-order valence-corrected chi connectivity index (χ2v) is 3.25. The molecule has 0 amide bonds. The molecule has 15 heavy (non-hydrogen) atoms. The van der Waals surface area contributed by atoms with Crippen LogP contribution in [0.25, 0.3) is 11.3 Å². The molecule has 0 radical (unpaired) electrons. The van der Waals surface area contributed by atoms with Gasteiger partial charge in [0.05, 0.1) is 11.6 Å². The second-order valence-electron chi connectivity index (χ2n) is 2.98. The van der Waals surface area contributed by atoms with Gasteiger partial charge in [-0.3, -0.25) is 5.10 Å². The highest BCUT2D eigenvalue weighted by Gasteiger charge is 1.96. The van der Waals surface area contributed by atoms with E-state index in [9.17, 15) is 0 Å². The number of hydrogen-bond acceptors (Lipinski definition) is 1. The minimum atomic E-state index is 0.363. The number of H-pyrrole nitrogens is 1. The van der Waals surface area contributed by atoms with Crippen LogP contribution < -0.4 is 0 Å². The monoisotopic (exact) mass is 216 g/mol. The first-order valence-corrected chi connectivity index (χ1v) is 5.08. The predicted molar refractivity (Wildman–Crippen MR) is 61.6 cm³/mol. The van der Waals surface area contributed by atoms with E-state index < -0.39 is 0 Å². The molecule has 1 aromatic heterocycles. The maximum atomic E-state index is 5.48. The molecule has 0 aliphatic carbocycles. The lowest BCUT2D eigenvalue weighted by atomic mass is 10.1. The third kappa shape index (κ3) is 2.39. The third-order valence-corrected chi connectivity index (χ3v) is 2.13. The zero-order valence-electron chi connectivity index (χ0n) is 8.00. The van der Waals surface area contributed by atoms with E-state index >= 15 is 0 Å². The zero-order valence-corrected chi connectivity index (χ0v) is 8.75. The highest BCUT2D eigenvalue weighted by atomic mass is 35.5. The van der Waals surface area contributed by atoms with Crippen LogP contribution in [0.2, 0.25) is 0 Å². The van der Waals surface area contributed by atoms with Gasteiger partial charge in [-0.15, -0.1) is 11.6 Å². The third-order valence-electron chi connectivity index (χ3n) is 2.00. The van der Waals surface area contributed by atoms with Crippen LogP contribution >= 0.6 is 11.6 Å². The summed E-state index contributed by atoms with van der Waals surface area (Å²) in [6.07, 6.45) is 1.73. The van der Waals surface area contributed by atoms with E-state index in [0.717, 1.165) is 16.8 Å². The van der Waals surface area contributed by atoms with Crippen molar-refractivity contribution in [2.24, 2.45) is 0 Å². The molecule has 2 nitrogen and oxygen atoms in total. The molecule has 0 spiro atoms. The molecule has 1 heterocycles. The molecule has 1 aromatic carbocycles. The Morgan fingerprint density at radius 2 is 2.00 bits per heavy atom. The van der Waals surface area contributed by atoms with Gasteiger partial charge < -0.3 is 0 Å². The van der Waals surface area contributed by atoms with Crippen molar-refractivity contribution in [1.29, 1.82) is 0 Å². The highest BCUT2D eigenvalue weighted by molar-refractivity contribution is 6.19. The molecule has 0 fully saturated rings. The van der Waals surface area contributed by atoms with Crippen LogP contribution in [-0.2, 0) is 0 Å². The number of nitrogens with one attached hydrogen (secondary N) is 1. The van der Waals surface area contributed by atoms with Crippen LogP contribution in [0, 0.1) is 11.8 Å². The second kappa shape index (κ2) is 4.68. The molecule has 0 saturated heterocycles. The van der Waals surface area contributed by atoms with Crippen LogP contribution in [-0.4, -0.2) is 16.1 Å². The topological polar surface area (TPSA) is 28.7 Å². The van der Waals surface area contributed by atoms with Crippen molar-refractivity contribution >= 4 is 11.6 Å². The highest BCUT2D eigenvalue weighted by Crippen LogP contribution is 2.15. The average molecular weight is 217 g/mol. The number of hydrogen-bond donors (Lipinski definition) is 1. The van der Waals surface area contributed by atoms with Crippen LogP contribution in [0.5, 0.6) is 0 Å². The predicted octanol–water partition coefficient (Wildman–Crippen LogP) is 2.67. The Hall–Kier alpha value is -1.72. The maximum absolute atomic E-state index is 5.48. The summed E-state index contributed by atoms with van der Waals surface area (Å²) in [5, 5.41) is 6.81. The number of aromatic amines is 1. The Kier molecular flexibility index (Phi) is 3.06. The van der Waals surface area contributed by atoms with Gasteiger partial charge in [0.15, 0.2) is 0 Å². The Morgan fingerprint density at radius 1 is 1.20 bits per heavy atom. The lowest BCUT2D eigenvalue weighted by molar-refractivity contribution is 1.10. The van der Waals surface area contributed by atoms with Crippen LogP contribution in [0.3, 0.4) is 0 Å². The summed E-state index contributed by atoms with van der Waals surface area (Å²) < 4.78 is 0. The lowest BCUT2D eigenvalue weighted by Crippen LogP contribution is -1.79. The molecular formula is C12H9ClN2. The summed E-state index contributed by atoms with van der Waals surface area (Å²) in [6.45, 7) is 0. The number of benzene rings is 1. The first-order valence-electron chi connectivity index (χ1n) is 4.55. The number of aromatic nitrogens is 2. The summed E-state index contributed by atoms with van der Waals surface area (Å²) in [5.74, 6) is 6.14. The summed E-state index contributed by atoms with van der Waals surface area (Å²) in [4.78, 5) is 0. The quantitative estimate of drug-likeness (QED) is 0.576. The van der Waals surface area contributed by atoms with Crippen molar-refractivity contribution in [2.45, 2.75) is 0 Å². The van der Waals surface area contributed by atoms with E-state index in [-0.39, 0.29) is 0 Å². The number of nitrogens with zero attached hydrogens (tertiary/aromatic N) is 1. The normalized spacial score (nSPS) is 9.40. The van der Waals surface area contributed by atoms with Gasteiger partial charge in [0, 0.05) is 11.8 Å². The molecule has 1 N–H and O–H groups in total. The van der Waals surface area contributed by atoms with Gasteiger partial charge in [0.25, 0.3) is 0 Å². The lowest BCUT2D eigenvalue weighted by Gasteiger charge is -1.96. The number of rotatable bonds is 1. The average Bonchev–Trinajstić information content (AvgIpc) is 2.80. The first kappa shape index (κ1) is 9.82. The summed E-state index contributed by atoms with van der Waals surface area (Å²) >= 11 is 5.48. The Labute approximate surface area is 93.3 Å². The summed E-state index contributed by atoms with van der Waals surface area (Å²) in [7, 11) is 0. The maximum Gasteiger partial charge on any atom is 0.0839 e. The molecular weight excluding hydrogens is 208 g/mol. The minimum Gasteiger partial charge on any atom is -0.278 e. The molecule has 0 aliphatic rings. The van der Waals surface area contributed by atoms with Gasteiger partial charge in [0.1, 0.15) is 0 Å². The first-order chi connectivity index (χ1) is 7.40. The molecule has 0 atom stereocenters. The molecule has 2 rings (SSSR count). The van der Waals surface area contributed by atoms with E-state index in [4.69, 9.17) is 11.6 Å². The van der Waals surface area contributed by atoms with Crippen LogP contribution in [0.1, 0.15) is 5.56 Å². The van der Waals surface area contributed by atoms with Crippen LogP contribution in [0.4, 0.5) is 0 Å². The van der Waals surface area contributed by atoms with Gasteiger partial charge in [-0.2, -0.15) is 5.10 Å². The van der Waals surface area contributed by atoms with E-state index in [1.165, 1.54) is 0 Å². The zero-order chi connectivity index (χ0) is 10.5. The van der Waals surface area contributed by atoms with E-state index in [1.807, 2.05) is 30.3 Å². The Balaban J connectivity index is 2.25. The summed E-state index contributed by atoms with van der Waals surface area (Å²) in [6, 6.07) is 9.88. The molecule has 74 valence electrons. The fourth-order valence-electron chi connectivity index (χ4n) is 1.29.